The molecule has 1 aliphatic rings. The fourth-order valence-electron chi connectivity index (χ4n) is 4.64. The molecule has 2 heterocycles. The molecular weight excluding hydrogens is 499 g/mol. The second-order valence-corrected chi connectivity index (χ2v) is 9.99. The van der Waals surface area contributed by atoms with E-state index >= 15 is 0 Å². The van der Waals surface area contributed by atoms with Crippen molar-refractivity contribution in [1.82, 2.24) is 4.57 Å². The number of fused-ring (bicyclic) bond motifs is 2. The SMILES string of the molecule is CC1(C)OCC(CCn2cc(C(=O)COc3cc4ccc(Cl)cc4cc3C(N)=O)c3ccc(F)cc32)O1. The van der Waals surface area contributed by atoms with Crippen molar-refractivity contribution in [3.05, 3.63) is 76.7 Å². The third-order valence-corrected chi connectivity index (χ3v) is 6.66. The molecule has 0 aliphatic carbocycles. The Bertz CT molecular complexity index is 1530. The van der Waals surface area contributed by atoms with Crippen LogP contribution in [0.4, 0.5) is 4.39 Å². The number of rotatable bonds is 8. The molecule has 1 amide bonds. The van der Waals surface area contributed by atoms with Gasteiger partial charge in [0.1, 0.15) is 11.6 Å². The van der Waals surface area contributed by atoms with Crippen molar-refractivity contribution in [2.75, 3.05) is 13.2 Å². The Morgan fingerprint density at radius 3 is 2.68 bits per heavy atom. The summed E-state index contributed by atoms with van der Waals surface area (Å²) in [5.74, 6) is -1.83. The number of halogens is 2. The molecule has 0 spiro atoms. The molecular formula is C28H26ClFN2O5. The summed E-state index contributed by atoms with van der Waals surface area (Å²) in [6.45, 7) is 4.37. The zero-order chi connectivity index (χ0) is 26.3. The Morgan fingerprint density at radius 1 is 1.14 bits per heavy atom. The van der Waals surface area contributed by atoms with Crippen LogP contribution in [-0.4, -0.2) is 41.4 Å². The Hall–Kier alpha value is -3.46. The molecule has 0 radical (unpaired) electrons. The number of nitrogens with two attached hydrogens (primary N) is 1. The fourth-order valence-corrected chi connectivity index (χ4v) is 4.82. The van der Waals surface area contributed by atoms with Gasteiger partial charge in [-0.15, -0.1) is 0 Å². The van der Waals surface area contributed by atoms with Crippen molar-refractivity contribution in [3.63, 3.8) is 0 Å². The van der Waals surface area contributed by atoms with Gasteiger partial charge in [-0.3, -0.25) is 9.59 Å². The number of primary amides is 1. The molecule has 1 atom stereocenters. The number of carbonyl (C=O) groups excluding carboxylic acids is 2. The Morgan fingerprint density at radius 2 is 1.95 bits per heavy atom. The van der Waals surface area contributed by atoms with Gasteiger partial charge in [0.05, 0.1) is 23.8 Å². The number of ether oxygens (including phenoxy) is 3. The van der Waals surface area contributed by atoms with Crippen LogP contribution in [0.25, 0.3) is 21.7 Å². The first-order valence-corrected chi connectivity index (χ1v) is 12.3. The number of hydrogen-bond acceptors (Lipinski definition) is 5. The first kappa shape index (κ1) is 25.2. The van der Waals surface area contributed by atoms with E-state index in [9.17, 15) is 14.0 Å². The highest BCUT2D eigenvalue weighted by molar-refractivity contribution is 6.31. The average Bonchev–Trinajstić information content (AvgIpc) is 3.39. The number of aromatic nitrogens is 1. The molecule has 0 bridgehead atoms. The Labute approximate surface area is 217 Å². The summed E-state index contributed by atoms with van der Waals surface area (Å²) in [6.07, 6.45) is 2.24. The molecule has 1 fully saturated rings. The van der Waals surface area contributed by atoms with Gasteiger partial charge in [-0.25, -0.2) is 4.39 Å². The molecule has 37 heavy (non-hydrogen) atoms. The van der Waals surface area contributed by atoms with Gasteiger partial charge in [0.25, 0.3) is 5.91 Å². The number of ketones is 1. The van der Waals surface area contributed by atoms with E-state index in [1.54, 1.807) is 42.6 Å². The van der Waals surface area contributed by atoms with Gasteiger partial charge >= 0.3 is 0 Å². The number of benzene rings is 3. The molecule has 7 nitrogen and oxygen atoms in total. The number of amides is 1. The quantitative estimate of drug-likeness (QED) is 0.308. The van der Waals surface area contributed by atoms with Crippen molar-refractivity contribution < 1.29 is 28.2 Å². The number of nitrogens with zero attached hydrogens (tertiary/aromatic N) is 1. The van der Waals surface area contributed by atoms with Crippen LogP contribution >= 0.6 is 11.6 Å². The summed E-state index contributed by atoms with van der Waals surface area (Å²) in [6, 6.07) is 12.8. The minimum Gasteiger partial charge on any atom is -0.485 e. The van der Waals surface area contributed by atoms with Crippen LogP contribution in [0.15, 0.2) is 54.7 Å². The van der Waals surface area contributed by atoms with Crippen molar-refractivity contribution >= 4 is 45.0 Å². The summed E-state index contributed by atoms with van der Waals surface area (Å²) in [4.78, 5) is 25.3. The smallest absolute Gasteiger partial charge is 0.252 e. The summed E-state index contributed by atoms with van der Waals surface area (Å²) in [5, 5.41) is 2.65. The van der Waals surface area contributed by atoms with E-state index in [1.165, 1.54) is 12.1 Å². The number of carbonyl (C=O) groups is 2. The Balaban J connectivity index is 1.39. The summed E-state index contributed by atoms with van der Waals surface area (Å²) >= 11 is 6.06. The number of aryl methyl sites for hydroxylation is 1. The minimum atomic E-state index is -0.683. The van der Waals surface area contributed by atoms with Crippen LogP contribution in [-0.2, 0) is 16.0 Å². The van der Waals surface area contributed by atoms with Gasteiger partial charge < -0.3 is 24.5 Å². The fraction of sp³-hybridized carbons (Fsp3) is 0.286. The van der Waals surface area contributed by atoms with Crippen LogP contribution < -0.4 is 10.5 Å². The molecule has 1 saturated heterocycles. The van der Waals surface area contributed by atoms with Crippen molar-refractivity contribution in [2.45, 2.75) is 38.7 Å². The van der Waals surface area contributed by atoms with E-state index in [2.05, 4.69) is 0 Å². The lowest BCUT2D eigenvalue weighted by atomic mass is 10.1. The normalized spacial score (nSPS) is 16.9. The third kappa shape index (κ3) is 5.32. The summed E-state index contributed by atoms with van der Waals surface area (Å²) in [7, 11) is 0. The number of hydrogen-bond donors (Lipinski definition) is 1. The molecule has 0 saturated carbocycles. The first-order valence-electron chi connectivity index (χ1n) is 11.9. The lowest BCUT2D eigenvalue weighted by Crippen LogP contribution is -2.22. The molecule has 1 unspecified atom stereocenters. The molecule has 2 N–H and O–H groups in total. The van der Waals surface area contributed by atoms with Gasteiger partial charge in [-0.1, -0.05) is 17.7 Å². The molecule has 1 aliphatic heterocycles. The van der Waals surface area contributed by atoms with Crippen LogP contribution in [0.2, 0.25) is 5.02 Å². The maximum Gasteiger partial charge on any atom is 0.252 e. The van der Waals surface area contributed by atoms with E-state index in [4.69, 9.17) is 31.5 Å². The van der Waals surface area contributed by atoms with Crippen molar-refractivity contribution in [1.29, 1.82) is 0 Å². The number of Topliss-reactive ketones (excluding diaryl/α,β-unsaturated/α-hetero) is 1. The van der Waals surface area contributed by atoms with E-state index in [1.807, 2.05) is 18.4 Å². The van der Waals surface area contributed by atoms with Crippen LogP contribution in [0, 0.1) is 5.82 Å². The zero-order valence-corrected chi connectivity index (χ0v) is 21.2. The second kappa shape index (κ2) is 9.78. The largest absolute Gasteiger partial charge is 0.485 e. The van der Waals surface area contributed by atoms with E-state index in [0.29, 0.717) is 41.1 Å². The van der Waals surface area contributed by atoms with Crippen LogP contribution in [0.3, 0.4) is 0 Å². The molecule has 192 valence electrons. The topological polar surface area (TPSA) is 92.8 Å². The Kier molecular flexibility index (Phi) is 6.66. The minimum absolute atomic E-state index is 0.0986. The van der Waals surface area contributed by atoms with Gasteiger partial charge in [0.15, 0.2) is 12.4 Å². The molecule has 5 rings (SSSR count). The molecule has 4 aromatic rings. The molecule has 9 heteroatoms. The van der Waals surface area contributed by atoms with Gasteiger partial charge in [-0.2, -0.15) is 0 Å². The zero-order valence-electron chi connectivity index (χ0n) is 20.4. The van der Waals surface area contributed by atoms with Crippen LogP contribution in [0.1, 0.15) is 41.0 Å². The van der Waals surface area contributed by atoms with E-state index in [0.717, 1.165) is 10.8 Å². The lowest BCUT2D eigenvalue weighted by molar-refractivity contribution is -0.139. The second-order valence-electron chi connectivity index (χ2n) is 9.55. The van der Waals surface area contributed by atoms with Gasteiger partial charge in [-0.05, 0) is 73.5 Å². The maximum absolute atomic E-state index is 14.1. The lowest BCUT2D eigenvalue weighted by Gasteiger charge is -2.17. The highest BCUT2D eigenvalue weighted by Crippen LogP contribution is 2.30. The highest BCUT2D eigenvalue weighted by Gasteiger charge is 2.32. The van der Waals surface area contributed by atoms with E-state index in [-0.39, 0.29) is 29.8 Å². The van der Waals surface area contributed by atoms with Crippen molar-refractivity contribution in [2.24, 2.45) is 5.73 Å². The predicted octanol–water partition coefficient (Wildman–Crippen LogP) is 5.49. The monoisotopic (exact) mass is 524 g/mol. The molecule has 1 aromatic heterocycles. The maximum atomic E-state index is 14.1. The van der Waals surface area contributed by atoms with Gasteiger partial charge in [0, 0.05) is 28.7 Å². The van der Waals surface area contributed by atoms with E-state index < -0.39 is 17.5 Å². The predicted molar refractivity (Wildman–Crippen MR) is 139 cm³/mol. The highest BCUT2D eigenvalue weighted by atomic mass is 35.5. The van der Waals surface area contributed by atoms with Crippen LogP contribution in [0.5, 0.6) is 5.75 Å². The standard InChI is InChI=1S/C28H26ClFN2O5/c1-28(2)36-14-20(37-28)7-8-32-13-23(21-6-5-19(30)12-24(21)32)25(33)15-35-26-11-16-3-4-18(29)9-17(16)10-22(26)27(31)34/h3-6,9-13,20H,7-8,14-15H2,1-2H3,(H2,31,34). The summed E-state index contributed by atoms with van der Waals surface area (Å²) in [5.41, 5.74) is 6.70. The average molecular weight is 525 g/mol. The first-order chi connectivity index (χ1) is 17.6. The summed E-state index contributed by atoms with van der Waals surface area (Å²) < 4.78 is 33.2. The molecule has 3 aromatic carbocycles. The van der Waals surface area contributed by atoms with Crippen molar-refractivity contribution in [3.8, 4) is 5.75 Å². The van der Waals surface area contributed by atoms with Gasteiger partial charge in [0.2, 0.25) is 5.78 Å². The third-order valence-electron chi connectivity index (χ3n) is 6.43.